The van der Waals surface area contributed by atoms with Crippen LogP contribution in [-0.4, -0.2) is 11.1 Å². The lowest BCUT2D eigenvalue weighted by atomic mass is 9.91. The smallest absolute Gasteiger partial charge is 0.416 e. The molecule has 0 fully saturated rings. The van der Waals surface area contributed by atoms with Crippen LogP contribution >= 0.6 is 0 Å². The van der Waals surface area contributed by atoms with E-state index in [1.165, 1.54) is 18.2 Å². The van der Waals surface area contributed by atoms with Crippen molar-refractivity contribution in [2.24, 2.45) is 0 Å². The van der Waals surface area contributed by atoms with Gasteiger partial charge in [-0.3, -0.25) is 4.79 Å². The van der Waals surface area contributed by atoms with Gasteiger partial charge in [-0.15, -0.1) is 0 Å². The van der Waals surface area contributed by atoms with Gasteiger partial charge in [0.1, 0.15) is 5.82 Å². The van der Waals surface area contributed by atoms with Crippen LogP contribution in [0.4, 0.5) is 17.6 Å². The highest BCUT2D eigenvalue weighted by Crippen LogP contribution is 2.31. The average Bonchev–Trinajstić information content (AvgIpc) is 2.45. The number of aliphatic carboxylic acids is 1. The average molecular weight is 312 g/mol. The van der Waals surface area contributed by atoms with Crippen molar-refractivity contribution in [1.29, 1.82) is 0 Å². The van der Waals surface area contributed by atoms with Gasteiger partial charge in [0.05, 0.1) is 11.5 Å². The molecule has 1 atom stereocenters. The van der Waals surface area contributed by atoms with Gasteiger partial charge < -0.3 is 5.11 Å². The van der Waals surface area contributed by atoms with Gasteiger partial charge in [-0.25, -0.2) is 4.39 Å². The first-order valence-corrected chi connectivity index (χ1v) is 6.42. The Morgan fingerprint density at radius 3 is 2.14 bits per heavy atom. The second kappa shape index (κ2) is 6.17. The van der Waals surface area contributed by atoms with Crippen LogP contribution in [0.5, 0.6) is 0 Å². The van der Waals surface area contributed by atoms with Crippen LogP contribution in [0.3, 0.4) is 0 Å². The number of alkyl halides is 3. The number of benzene rings is 2. The Labute approximate surface area is 124 Å². The normalized spacial score (nSPS) is 12.9. The van der Waals surface area contributed by atoms with Crippen LogP contribution in [0.15, 0.2) is 48.5 Å². The zero-order chi connectivity index (χ0) is 16.3. The number of rotatable bonds is 4. The summed E-state index contributed by atoms with van der Waals surface area (Å²) < 4.78 is 51.1. The van der Waals surface area contributed by atoms with Crippen molar-refractivity contribution >= 4 is 5.97 Å². The van der Waals surface area contributed by atoms with E-state index in [2.05, 4.69) is 0 Å². The maximum absolute atomic E-state index is 13.6. The summed E-state index contributed by atoms with van der Waals surface area (Å²) >= 11 is 0. The lowest BCUT2D eigenvalue weighted by molar-refractivity contribution is -0.138. The lowest BCUT2D eigenvalue weighted by Gasteiger charge is -2.14. The first-order valence-electron chi connectivity index (χ1n) is 6.42. The number of carboxylic acids is 1. The van der Waals surface area contributed by atoms with Crippen molar-refractivity contribution in [3.63, 3.8) is 0 Å². The summed E-state index contributed by atoms with van der Waals surface area (Å²) in [5.41, 5.74) is -0.454. The Kier molecular flexibility index (Phi) is 4.49. The molecule has 2 nitrogen and oxygen atoms in total. The molecule has 0 saturated heterocycles. The van der Waals surface area contributed by atoms with E-state index >= 15 is 0 Å². The molecule has 0 bridgehead atoms. The predicted octanol–water partition coefficient (Wildman–Crippen LogP) is 4.26. The van der Waals surface area contributed by atoms with E-state index in [9.17, 15) is 27.5 Å². The van der Waals surface area contributed by atoms with Gasteiger partial charge in [-0.2, -0.15) is 13.2 Å². The van der Waals surface area contributed by atoms with Crippen molar-refractivity contribution in [2.45, 2.75) is 18.5 Å². The molecule has 0 aliphatic carbocycles. The highest BCUT2D eigenvalue weighted by molar-refractivity contribution is 5.76. The molecule has 0 amide bonds. The van der Waals surface area contributed by atoms with Gasteiger partial charge in [0.25, 0.3) is 0 Å². The summed E-state index contributed by atoms with van der Waals surface area (Å²) in [4.78, 5) is 11.4. The summed E-state index contributed by atoms with van der Waals surface area (Å²) in [5, 5.41) is 9.26. The molecule has 1 N–H and O–H groups in total. The minimum Gasteiger partial charge on any atom is -0.481 e. The van der Waals surface area contributed by atoms with Crippen LogP contribution in [0.25, 0.3) is 0 Å². The third-order valence-electron chi connectivity index (χ3n) is 3.32. The maximum Gasteiger partial charge on any atom is 0.416 e. The third-order valence-corrected chi connectivity index (χ3v) is 3.32. The number of halogens is 4. The van der Waals surface area contributed by atoms with Crippen molar-refractivity contribution < 1.29 is 27.5 Å². The molecule has 22 heavy (non-hydrogen) atoms. The molecule has 0 heterocycles. The monoisotopic (exact) mass is 312 g/mol. The molecule has 0 radical (unpaired) electrons. The fourth-order valence-electron chi connectivity index (χ4n) is 2.14. The summed E-state index contributed by atoms with van der Waals surface area (Å²) in [6.07, 6.45) is -4.61. The second-order valence-electron chi connectivity index (χ2n) is 4.81. The summed E-state index contributed by atoms with van der Waals surface area (Å²) in [7, 11) is 0. The van der Waals surface area contributed by atoms with E-state index in [4.69, 9.17) is 0 Å². The molecule has 2 aromatic rings. The fourth-order valence-corrected chi connectivity index (χ4v) is 2.14. The van der Waals surface area contributed by atoms with Gasteiger partial charge in [-0.05, 0) is 35.7 Å². The quantitative estimate of drug-likeness (QED) is 0.857. The van der Waals surface area contributed by atoms with Gasteiger partial charge in [0.2, 0.25) is 0 Å². The zero-order valence-corrected chi connectivity index (χ0v) is 11.3. The Balaban J connectivity index is 2.29. The predicted molar refractivity (Wildman–Crippen MR) is 71.9 cm³/mol. The molecule has 6 heteroatoms. The molecule has 2 rings (SSSR count). The summed E-state index contributed by atoms with van der Waals surface area (Å²) in [5.74, 6) is -2.87. The standard InChI is InChI=1S/C16H12F4O2/c17-14-4-2-1-3-11(14)9-13(15(21)22)10-5-7-12(8-6-10)16(18,19)20/h1-8,13H,9H2,(H,21,22). The lowest BCUT2D eigenvalue weighted by Crippen LogP contribution is -2.15. The van der Waals surface area contributed by atoms with Crippen LogP contribution in [-0.2, 0) is 17.4 Å². The maximum atomic E-state index is 13.6. The SMILES string of the molecule is O=C(O)C(Cc1ccccc1F)c1ccc(C(F)(F)F)cc1. The molecule has 2 aromatic carbocycles. The first kappa shape index (κ1) is 16.0. The van der Waals surface area contributed by atoms with Crippen LogP contribution in [0, 0.1) is 5.82 Å². The van der Waals surface area contributed by atoms with Gasteiger partial charge in [0, 0.05) is 0 Å². The number of carboxylic acid groups (broad SMARTS) is 1. The Morgan fingerprint density at radius 2 is 1.64 bits per heavy atom. The van der Waals surface area contributed by atoms with E-state index in [1.807, 2.05) is 0 Å². The molecule has 0 spiro atoms. The highest BCUT2D eigenvalue weighted by atomic mass is 19.4. The largest absolute Gasteiger partial charge is 0.481 e. The Hall–Kier alpha value is -2.37. The van der Waals surface area contributed by atoms with Crippen molar-refractivity contribution in [3.05, 3.63) is 71.0 Å². The van der Waals surface area contributed by atoms with Gasteiger partial charge in [-0.1, -0.05) is 30.3 Å². The Bertz CT molecular complexity index is 663. The highest BCUT2D eigenvalue weighted by Gasteiger charge is 2.31. The molecule has 0 aromatic heterocycles. The first-order chi connectivity index (χ1) is 10.3. The van der Waals surface area contributed by atoms with Crippen LogP contribution in [0.1, 0.15) is 22.6 Å². The van der Waals surface area contributed by atoms with E-state index < -0.39 is 29.4 Å². The van der Waals surface area contributed by atoms with Gasteiger partial charge >= 0.3 is 12.1 Å². The van der Waals surface area contributed by atoms with Crippen molar-refractivity contribution in [1.82, 2.24) is 0 Å². The second-order valence-corrected chi connectivity index (χ2v) is 4.81. The third kappa shape index (κ3) is 3.63. The number of carbonyl (C=O) groups is 1. The van der Waals surface area contributed by atoms with E-state index in [1.54, 1.807) is 6.07 Å². The number of hydrogen-bond donors (Lipinski definition) is 1. The zero-order valence-electron chi connectivity index (χ0n) is 11.3. The Morgan fingerprint density at radius 1 is 1.05 bits per heavy atom. The topological polar surface area (TPSA) is 37.3 Å². The van der Waals surface area contributed by atoms with E-state index in [0.717, 1.165) is 24.3 Å². The van der Waals surface area contributed by atoms with Crippen molar-refractivity contribution in [3.8, 4) is 0 Å². The van der Waals surface area contributed by atoms with E-state index in [-0.39, 0.29) is 17.5 Å². The molecule has 116 valence electrons. The van der Waals surface area contributed by atoms with Gasteiger partial charge in [0.15, 0.2) is 0 Å². The molecule has 0 aliphatic rings. The molecule has 1 unspecified atom stereocenters. The fraction of sp³-hybridized carbons (Fsp3) is 0.188. The molecule has 0 aliphatic heterocycles. The van der Waals surface area contributed by atoms with E-state index in [0.29, 0.717) is 0 Å². The summed E-state index contributed by atoms with van der Waals surface area (Å²) in [6, 6.07) is 9.59. The van der Waals surface area contributed by atoms with Crippen LogP contribution in [0.2, 0.25) is 0 Å². The van der Waals surface area contributed by atoms with Crippen LogP contribution < -0.4 is 0 Å². The molecule has 0 saturated carbocycles. The number of hydrogen-bond acceptors (Lipinski definition) is 1. The molecular formula is C16H12F4O2. The minimum atomic E-state index is -4.48. The molecular weight excluding hydrogens is 300 g/mol. The van der Waals surface area contributed by atoms with Crippen molar-refractivity contribution in [2.75, 3.05) is 0 Å². The summed E-state index contributed by atoms with van der Waals surface area (Å²) in [6.45, 7) is 0. The minimum absolute atomic E-state index is 0.132.